The second kappa shape index (κ2) is 47.1. The third-order valence-electron chi connectivity index (χ3n) is 12.7. The minimum atomic E-state index is -4.34. The lowest BCUT2D eigenvalue weighted by molar-refractivity contribution is -0.870. The standard InChI is InChI=1S/C55H109N2O6P/c1-6-8-10-12-14-16-18-20-22-24-26-27-28-29-30-31-32-34-36-38-40-42-44-46-48-54(58)53(52-63-64(60,61)62-51-50-57(3,4)5)56-55(59)49-47-45-43-41-39-37-35-33-25-23-21-19-17-15-13-11-9-7-2/h23,25,46,48,53-54,58H,6-22,24,26-45,47,49-52H2,1-5H3,(H-,56,59,60,61)/p+1/b25-23-,48-46+. The predicted molar refractivity (Wildman–Crippen MR) is 277 cm³/mol. The zero-order valence-corrected chi connectivity index (χ0v) is 44.2. The third-order valence-corrected chi connectivity index (χ3v) is 13.6. The summed E-state index contributed by atoms with van der Waals surface area (Å²) in [6.45, 7) is 4.84. The maximum Gasteiger partial charge on any atom is 0.472 e. The van der Waals surface area contributed by atoms with Crippen molar-refractivity contribution in [2.24, 2.45) is 0 Å². The van der Waals surface area contributed by atoms with Gasteiger partial charge < -0.3 is 19.8 Å². The van der Waals surface area contributed by atoms with Crippen LogP contribution in [0, 0.1) is 0 Å². The van der Waals surface area contributed by atoms with E-state index in [0.29, 0.717) is 17.4 Å². The first-order valence-corrected chi connectivity index (χ1v) is 29.2. The number of allylic oxidation sites excluding steroid dienone is 3. The summed E-state index contributed by atoms with van der Waals surface area (Å²) in [5, 5.41) is 13.9. The van der Waals surface area contributed by atoms with E-state index in [1.165, 1.54) is 212 Å². The molecule has 0 radical (unpaired) electrons. The smallest absolute Gasteiger partial charge is 0.387 e. The fourth-order valence-corrected chi connectivity index (χ4v) is 9.01. The van der Waals surface area contributed by atoms with Gasteiger partial charge in [-0.25, -0.2) is 4.57 Å². The van der Waals surface area contributed by atoms with Crippen LogP contribution in [0.5, 0.6) is 0 Å². The molecule has 0 bridgehead atoms. The highest BCUT2D eigenvalue weighted by Crippen LogP contribution is 2.43. The SMILES string of the molecule is CCCCCCCCC/C=C\CCCCCCCCCC(=O)NC(COP(=O)(O)OCC[N+](C)(C)C)C(O)/C=C/CCCCCCCCCCCCCCCCCCCCCCCC. The van der Waals surface area contributed by atoms with Crippen molar-refractivity contribution >= 4 is 13.7 Å². The molecule has 3 atom stereocenters. The molecule has 0 fully saturated rings. The number of amides is 1. The quantitative estimate of drug-likeness (QED) is 0.0243. The summed E-state index contributed by atoms with van der Waals surface area (Å²) in [6, 6.07) is -0.847. The van der Waals surface area contributed by atoms with E-state index in [1.807, 2.05) is 27.2 Å². The van der Waals surface area contributed by atoms with E-state index < -0.39 is 20.0 Å². The zero-order chi connectivity index (χ0) is 47.1. The Morgan fingerprint density at radius 1 is 0.516 bits per heavy atom. The number of nitrogens with one attached hydrogen (secondary N) is 1. The molecule has 0 rings (SSSR count). The average molecular weight is 926 g/mol. The fraction of sp³-hybridized carbons (Fsp3) is 0.909. The minimum absolute atomic E-state index is 0.0622. The van der Waals surface area contributed by atoms with E-state index >= 15 is 0 Å². The molecule has 0 aromatic carbocycles. The highest BCUT2D eigenvalue weighted by Gasteiger charge is 2.27. The Labute approximate surface area is 398 Å². The number of hydrogen-bond donors (Lipinski definition) is 3. The largest absolute Gasteiger partial charge is 0.472 e. The Kier molecular flexibility index (Phi) is 46.3. The van der Waals surface area contributed by atoms with Gasteiger partial charge in [0.25, 0.3) is 0 Å². The lowest BCUT2D eigenvalue weighted by atomic mass is 10.0. The van der Waals surface area contributed by atoms with Crippen molar-refractivity contribution in [1.82, 2.24) is 5.32 Å². The molecule has 0 aliphatic rings. The summed E-state index contributed by atoms with van der Waals surface area (Å²) in [6.07, 6.45) is 58.4. The topological polar surface area (TPSA) is 105 Å². The number of aliphatic hydroxyl groups is 1. The Hall–Kier alpha value is -1.02. The van der Waals surface area contributed by atoms with Crippen LogP contribution in [0.25, 0.3) is 0 Å². The van der Waals surface area contributed by atoms with Gasteiger partial charge >= 0.3 is 7.82 Å². The summed E-state index contributed by atoms with van der Waals surface area (Å²) in [5.41, 5.74) is 0. The molecule has 3 unspecified atom stereocenters. The van der Waals surface area contributed by atoms with Crippen LogP contribution in [-0.4, -0.2) is 73.4 Å². The van der Waals surface area contributed by atoms with Crippen molar-refractivity contribution in [1.29, 1.82) is 0 Å². The van der Waals surface area contributed by atoms with Crippen LogP contribution in [0.4, 0.5) is 0 Å². The summed E-state index contributed by atoms with van der Waals surface area (Å²) < 4.78 is 23.7. The third kappa shape index (κ3) is 48.9. The highest BCUT2D eigenvalue weighted by molar-refractivity contribution is 7.47. The Bertz CT molecular complexity index is 1090. The van der Waals surface area contributed by atoms with Crippen molar-refractivity contribution in [3.8, 4) is 0 Å². The molecular weight excluding hydrogens is 816 g/mol. The normalized spacial score (nSPS) is 14.2. The maximum absolute atomic E-state index is 12.9. The molecule has 0 aromatic heterocycles. The molecule has 0 aromatic rings. The predicted octanol–water partition coefficient (Wildman–Crippen LogP) is 16.4. The van der Waals surface area contributed by atoms with Crippen LogP contribution in [0.2, 0.25) is 0 Å². The van der Waals surface area contributed by atoms with Gasteiger partial charge in [0.2, 0.25) is 5.91 Å². The Morgan fingerprint density at radius 3 is 1.20 bits per heavy atom. The number of carbonyl (C=O) groups is 1. The second-order valence-corrected chi connectivity index (χ2v) is 21.8. The van der Waals surface area contributed by atoms with Gasteiger partial charge in [-0.1, -0.05) is 244 Å². The van der Waals surface area contributed by atoms with Crippen LogP contribution in [-0.2, 0) is 18.4 Å². The molecule has 380 valence electrons. The van der Waals surface area contributed by atoms with Gasteiger partial charge in [-0.2, -0.15) is 0 Å². The van der Waals surface area contributed by atoms with Gasteiger partial charge in [-0.05, 0) is 44.9 Å². The van der Waals surface area contributed by atoms with Crippen LogP contribution in [0.15, 0.2) is 24.3 Å². The number of nitrogens with zero attached hydrogens (tertiary/aromatic N) is 1. The van der Waals surface area contributed by atoms with Crippen molar-refractivity contribution in [3.63, 3.8) is 0 Å². The van der Waals surface area contributed by atoms with Crippen LogP contribution < -0.4 is 5.32 Å². The first-order valence-electron chi connectivity index (χ1n) is 27.7. The number of quaternary nitrogens is 1. The van der Waals surface area contributed by atoms with E-state index in [4.69, 9.17) is 9.05 Å². The molecule has 1 amide bonds. The number of hydrogen-bond acceptors (Lipinski definition) is 5. The first-order chi connectivity index (χ1) is 31.0. The van der Waals surface area contributed by atoms with Crippen molar-refractivity contribution in [3.05, 3.63) is 24.3 Å². The zero-order valence-electron chi connectivity index (χ0n) is 43.3. The number of unbranched alkanes of at least 4 members (excludes halogenated alkanes) is 36. The monoisotopic (exact) mass is 926 g/mol. The van der Waals surface area contributed by atoms with Gasteiger partial charge in [-0.15, -0.1) is 0 Å². The van der Waals surface area contributed by atoms with Crippen LogP contribution >= 0.6 is 7.82 Å². The second-order valence-electron chi connectivity index (χ2n) is 20.3. The fourth-order valence-electron chi connectivity index (χ4n) is 8.27. The number of phosphoric acid groups is 1. The van der Waals surface area contributed by atoms with Gasteiger partial charge in [0.15, 0.2) is 0 Å². The lowest BCUT2D eigenvalue weighted by Gasteiger charge is -2.25. The highest BCUT2D eigenvalue weighted by atomic mass is 31.2. The van der Waals surface area contributed by atoms with E-state index in [1.54, 1.807) is 6.08 Å². The van der Waals surface area contributed by atoms with E-state index in [9.17, 15) is 19.4 Å². The van der Waals surface area contributed by atoms with E-state index in [0.717, 1.165) is 38.5 Å². The number of carbonyl (C=O) groups excluding carboxylic acids is 1. The maximum atomic E-state index is 12.9. The number of likely N-dealkylation sites (N-methyl/N-ethyl adjacent to an activating group) is 1. The number of aliphatic hydroxyl groups excluding tert-OH is 1. The average Bonchev–Trinajstić information content (AvgIpc) is 3.25. The molecule has 0 spiro atoms. The molecule has 64 heavy (non-hydrogen) atoms. The molecule has 9 heteroatoms. The van der Waals surface area contributed by atoms with Crippen molar-refractivity contribution < 1.29 is 32.9 Å². The summed E-state index contributed by atoms with van der Waals surface area (Å²) >= 11 is 0. The van der Waals surface area contributed by atoms with Crippen LogP contribution in [0.1, 0.15) is 271 Å². The summed E-state index contributed by atoms with van der Waals surface area (Å²) in [4.78, 5) is 23.3. The molecule has 0 aliphatic heterocycles. The van der Waals surface area contributed by atoms with Gasteiger partial charge in [-0.3, -0.25) is 13.8 Å². The Balaban J connectivity index is 4.23. The molecule has 3 N–H and O–H groups in total. The number of rotatable bonds is 51. The van der Waals surface area contributed by atoms with Gasteiger partial charge in [0, 0.05) is 6.42 Å². The molecule has 8 nitrogen and oxygen atoms in total. The van der Waals surface area contributed by atoms with Crippen LogP contribution in [0.3, 0.4) is 0 Å². The van der Waals surface area contributed by atoms with E-state index in [2.05, 4.69) is 31.3 Å². The minimum Gasteiger partial charge on any atom is -0.387 e. The van der Waals surface area contributed by atoms with Crippen molar-refractivity contribution in [2.45, 2.75) is 283 Å². The number of phosphoric ester groups is 1. The molecule has 0 aliphatic carbocycles. The molecule has 0 saturated heterocycles. The molecule has 0 heterocycles. The molecular formula is C55H110N2O6P+. The van der Waals surface area contributed by atoms with Gasteiger partial charge in [0.1, 0.15) is 13.2 Å². The molecule has 0 saturated carbocycles. The summed E-state index contributed by atoms with van der Waals surface area (Å²) in [7, 11) is 1.58. The lowest BCUT2D eigenvalue weighted by Crippen LogP contribution is -2.45. The van der Waals surface area contributed by atoms with E-state index in [-0.39, 0.29) is 19.1 Å². The first kappa shape index (κ1) is 63.0. The van der Waals surface area contributed by atoms with Gasteiger partial charge in [0.05, 0.1) is 39.9 Å². The van der Waals surface area contributed by atoms with Crippen molar-refractivity contribution in [2.75, 3.05) is 40.9 Å². The Morgan fingerprint density at radius 2 is 0.844 bits per heavy atom. The summed E-state index contributed by atoms with van der Waals surface area (Å²) in [5.74, 6) is -0.178.